The third-order valence-electron chi connectivity index (χ3n) is 4.23. The van der Waals surface area contributed by atoms with Gasteiger partial charge in [-0.05, 0) is 44.9 Å². The molecular formula is C18H37NO3. The van der Waals surface area contributed by atoms with Gasteiger partial charge in [0.2, 0.25) is 0 Å². The minimum Gasteiger partial charge on any atom is -0.547 e. The lowest BCUT2D eigenvalue weighted by Crippen LogP contribution is -2.50. The van der Waals surface area contributed by atoms with E-state index in [0.29, 0.717) is 13.0 Å². The zero-order valence-corrected chi connectivity index (χ0v) is 15.2. The lowest BCUT2D eigenvalue weighted by Gasteiger charge is -2.38. The van der Waals surface area contributed by atoms with E-state index in [0.717, 1.165) is 12.8 Å². The van der Waals surface area contributed by atoms with Crippen molar-refractivity contribution in [1.82, 2.24) is 0 Å². The summed E-state index contributed by atoms with van der Waals surface area (Å²) < 4.78 is 6.25. The SMILES string of the molecule is CCC[N+](CCC)(CCC)CCC.O=C([O-])C1CCCCO1. The van der Waals surface area contributed by atoms with E-state index in [9.17, 15) is 9.90 Å². The molecule has 0 aromatic heterocycles. The van der Waals surface area contributed by atoms with E-state index >= 15 is 0 Å². The molecule has 1 heterocycles. The molecule has 1 fully saturated rings. The molecular weight excluding hydrogens is 278 g/mol. The highest BCUT2D eigenvalue weighted by Crippen LogP contribution is 2.12. The van der Waals surface area contributed by atoms with Gasteiger partial charge in [-0.15, -0.1) is 0 Å². The number of hydrogen-bond donors (Lipinski definition) is 0. The lowest BCUT2D eigenvalue weighted by atomic mass is 10.1. The monoisotopic (exact) mass is 315 g/mol. The Labute approximate surface area is 137 Å². The van der Waals surface area contributed by atoms with Gasteiger partial charge in [0, 0.05) is 6.61 Å². The molecule has 0 saturated carbocycles. The number of rotatable bonds is 9. The van der Waals surface area contributed by atoms with Gasteiger partial charge in [0.1, 0.15) is 0 Å². The second-order valence-corrected chi connectivity index (χ2v) is 6.41. The van der Waals surface area contributed by atoms with Gasteiger partial charge in [-0.1, -0.05) is 27.7 Å². The van der Waals surface area contributed by atoms with Gasteiger partial charge in [0.25, 0.3) is 0 Å². The number of carbonyl (C=O) groups excluding carboxylic acids is 1. The quantitative estimate of drug-likeness (QED) is 0.615. The number of nitrogens with zero attached hydrogens (tertiary/aromatic N) is 1. The Morgan fingerprint density at radius 3 is 1.64 bits per heavy atom. The van der Waals surface area contributed by atoms with Gasteiger partial charge in [-0.3, -0.25) is 0 Å². The van der Waals surface area contributed by atoms with Gasteiger partial charge in [-0.25, -0.2) is 0 Å². The van der Waals surface area contributed by atoms with E-state index < -0.39 is 12.1 Å². The molecule has 0 spiro atoms. The fraction of sp³-hybridized carbons (Fsp3) is 0.944. The fourth-order valence-electron chi connectivity index (χ4n) is 3.49. The number of carbonyl (C=O) groups is 1. The van der Waals surface area contributed by atoms with Crippen LogP contribution in [-0.4, -0.2) is 49.3 Å². The van der Waals surface area contributed by atoms with Gasteiger partial charge >= 0.3 is 0 Å². The van der Waals surface area contributed by atoms with Crippen LogP contribution in [0.2, 0.25) is 0 Å². The molecule has 0 aromatic carbocycles. The number of ether oxygens (including phenoxy) is 1. The highest BCUT2D eigenvalue weighted by molar-refractivity contribution is 5.69. The van der Waals surface area contributed by atoms with Crippen LogP contribution >= 0.6 is 0 Å². The van der Waals surface area contributed by atoms with Crippen LogP contribution in [0.15, 0.2) is 0 Å². The highest BCUT2D eigenvalue weighted by Gasteiger charge is 2.22. The van der Waals surface area contributed by atoms with Gasteiger partial charge in [-0.2, -0.15) is 0 Å². The molecule has 0 N–H and O–H groups in total. The van der Waals surface area contributed by atoms with Crippen LogP contribution in [0.3, 0.4) is 0 Å². The van der Waals surface area contributed by atoms with Crippen molar-refractivity contribution in [3.8, 4) is 0 Å². The number of carboxylic acid groups (broad SMARTS) is 1. The maximum Gasteiger partial charge on any atom is 0.0968 e. The predicted octanol–water partition coefficient (Wildman–Crippen LogP) is 2.75. The standard InChI is InChI=1S/C12H28N.C6H10O3/c1-5-9-13(10-6-2,11-7-3)12-8-4;7-6(8)5-3-1-2-4-9-5/h5-12H2,1-4H3;5H,1-4H2,(H,7,8)/q+1;/p-1. The van der Waals surface area contributed by atoms with E-state index in [2.05, 4.69) is 27.7 Å². The number of quaternary nitrogens is 1. The summed E-state index contributed by atoms with van der Waals surface area (Å²) in [7, 11) is 0. The number of aliphatic carboxylic acids is 1. The predicted molar refractivity (Wildman–Crippen MR) is 89.5 cm³/mol. The number of hydrogen-bond acceptors (Lipinski definition) is 3. The summed E-state index contributed by atoms with van der Waals surface area (Å²) in [4.78, 5) is 10.1. The normalized spacial score (nSPS) is 18.5. The summed E-state index contributed by atoms with van der Waals surface area (Å²) in [6.07, 6.45) is 7.23. The molecule has 132 valence electrons. The first-order chi connectivity index (χ1) is 10.5. The van der Waals surface area contributed by atoms with Crippen LogP contribution in [0, 0.1) is 0 Å². The Balaban J connectivity index is 0.000000425. The fourth-order valence-corrected chi connectivity index (χ4v) is 3.49. The molecule has 1 atom stereocenters. The molecule has 1 saturated heterocycles. The molecule has 0 bridgehead atoms. The minimum absolute atomic E-state index is 0.568. The average Bonchev–Trinajstić information content (AvgIpc) is 2.50. The first-order valence-electron chi connectivity index (χ1n) is 9.22. The molecule has 4 heteroatoms. The molecule has 22 heavy (non-hydrogen) atoms. The van der Waals surface area contributed by atoms with Crippen LogP contribution < -0.4 is 5.11 Å². The van der Waals surface area contributed by atoms with Crippen molar-refractivity contribution >= 4 is 5.97 Å². The molecule has 1 rings (SSSR count). The molecule has 1 aliphatic heterocycles. The Morgan fingerprint density at radius 1 is 0.955 bits per heavy atom. The maximum atomic E-state index is 10.1. The van der Waals surface area contributed by atoms with E-state index in [1.54, 1.807) is 0 Å². The Bertz CT molecular complexity index is 246. The third kappa shape index (κ3) is 8.74. The molecule has 0 radical (unpaired) electrons. The van der Waals surface area contributed by atoms with Gasteiger partial charge in [0.05, 0.1) is 38.3 Å². The van der Waals surface area contributed by atoms with E-state index in [4.69, 9.17) is 4.74 Å². The number of carboxylic acids is 1. The Hall–Kier alpha value is -0.610. The summed E-state index contributed by atoms with van der Waals surface area (Å²) in [5.41, 5.74) is 0. The zero-order chi connectivity index (χ0) is 16.8. The largest absolute Gasteiger partial charge is 0.547 e. The summed E-state index contributed by atoms with van der Waals surface area (Å²) >= 11 is 0. The summed E-state index contributed by atoms with van der Waals surface area (Å²) in [5.74, 6) is -1.07. The van der Waals surface area contributed by atoms with Crippen molar-refractivity contribution in [2.75, 3.05) is 32.8 Å². The van der Waals surface area contributed by atoms with Crippen molar-refractivity contribution in [2.24, 2.45) is 0 Å². The molecule has 0 aromatic rings. The maximum absolute atomic E-state index is 10.1. The van der Waals surface area contributed by atoms with Crippen LogP contribution in [0.4, 0.5) is 0 Å². The van der Waals surface area contributed by atoms with Gasteiger partial charge < -0.3 is 19.1 Å². The van der Waals surface area contributed by atoms with Crippen LogP contribution in [0.25, 0.3) is 0 Å². The average molecular weight is 315 g/mol. The summed E-state index contributed by atoms with van der Waals surface area (Å²) in [5, 5.41) is 10.1. The third-order valence-corrected chi connectivity index (χ3v) is 4.23. The Morgan fingerprint density at radius 2 is 1.41 bits per heavy atom. The molecule has 0 aliphatic carbocycles. The Kier molecular flexibility index (Phi) is 12.5. The lowest BCUT2D eigenvalue weighted by molar-refractivity contribution is -0.928. The topological polar surface area (TPSA) is 49.4 Å². The first kappa shape index (κ1) is 21.4. The van der Waals surface area contributed by atoms with Crippen LogP contribution in [0.1, 0.15) is 72.6 Å². The summed E-state index contributed by atoms with van der Waals surface area (Å²) in [6, 6.07) is 0. The summed E-state index contributed by atoms with van der Waals surface area (Å²) in [6.45, 7) is 15.4. The molecule has 1 unspecified atom stereocenters. The molecule has 4 nitrogen and oxygen atoms in total. The van der Waals surface area contributed by atoms with Crippen LogP contribution in [0.5, 0.6) is 0 Å². The second-order valence-electron chi connectivity index (χ2n) is 6.41. The zero-order valence-electron chi connectivity index (χ0n) is 15.2. The van der Waals surface area contributed by atoms with Crippen LogP contribution in [-0.2, 0) is 9.53 Å². The van der Waals surface area contributed by atoms with Crippen molar-refractivity contribution in [2.45, 2.75) is 78.7 Å². The molecule has 1 aliphatic rings. The minimum atomic E-state index is -1.07. The van der Waals surface area contributed by atoms with Crippen molar-refractivity contribution in [1.29, 1.82) is 0 Å². The molecule has 0 amide bonds. The highest BCUT2D eigenvalue weighted by atomic mass is 16.5. The smallest absolute Gasteiger partial charge is 0.0968 e. The van der Waals surface area contributed by atoms with Crippen molar-refractivity contribution in [3.63, 3.8) is 0 Å². The van der Waals surface area contributed by atoms with E-state index in [1.165, 1.54) is 56.3 Å². The van der Waals surface area contributed by atoms with Gasteiger partial charge in [0.15, 0.2) is 0 Å². The van der Waals surface area contributed by atoms with E-state index in [-0.39, 0.29) is 0 Å². The van der Waals surface area contributed by atoms with E-state index in [1.807, 2.05) is 0 Å². The first-order valence-corrected chi connectivity index (χ1v) is 9.22. The van der Waals surface area contributed by atoms with Crippen molar-refractivity contribution < 1.29 is 19.1 Å². The second kappa shape index (κ2) is 12.9. The van der Waals surface area contributed by atoms with Crippen molar-refractivity contribution in [3.05, 3.63) is 0 Å².